The largest absolute Gasteiger partial charge is 0.485 e. The number of allylic oxidation sites excluding steroid dienone is 1. The van der Waals surface area contributed by atoms with Gasteiger partial charge in [-0.25, -0.2) is 0 Å². The summed E-state index contributed by atoms with van der Waals surface area (Å²) in [5, 5.41) is 13.3. The Morgan fingerprint density at radius 1 is 1.09 bits per heavy atom. The van der Waals surface area contributed by atoms with Crippen LogP contribution in [0.1, 0.15) is 11.4 Å². The maximum atomic E-state index is 12.9. The first-order chi connectivity index (χ1) is 16.8. The molecule has 4 aromatic rings. The Bertz CT molecular complexity index is 1350. The number of amides is 1. The summed E-state index contributed by atoms with van der Waals surface area (Å²) in [6, 6.07) is 18.2. The van der Waals surface area contributed by atoms with Crippen LogP contribution in [0, 0.1) is 0 Å². The van der Waals surface area contributed by atoms with Gasteiger partial charge in [-0.3, -0.25) is 9.36 Å². The fourth-order valence-corrected chi connectivity index (χ4v) is 4.18. The Morgan fingerprint density at radius 3 is 2.66 bits per heavy atom. The number of thioether (sulfide) groups is 1. The molecule has 6 nitrogen and oxygen atoms in total. The molecule has 0 fully saturated rings. The number of hydrogen-bond donors (Lipinski definition) is 1. The van der Waals surface area contributed by atoms with Gasteiger partial charge < -0.3 is 10.1 Å². The summed E-state index contributed by atoms with van der Waals surface area (Å²) in [6.45, 7) is 4.32. The van der Waals surface area contributed by atoms with Crippen molar-refractivity contribution in [2.24, 2.45) is 0 Å². The fraction of sp³-hybridized carbons (Fsp3) is 0.160. The molecule has 3 aromatic carbocycles. The predicted octanol–water partition coefficient (Wildman–Crippen LogP) is 5.95. The molecule has 4 rings (SSSR count). The molecule has 0 aliphatic heterocycles. The second-order valence-corrected chi connectivity index (χ2v) is 8.42. The fourth-order valence-electron chi connectivity index (χ4n) is 3.41. The molecule has 0 spiro atoms. The van der Waals surface area contributed by atoms with Gasteiger partial charge in [0.05, 0.1) is 11.3 Å². The highest BCUT2D eigenvalue weighted by Crippen LogP contribution is 2.31. The summed E-state index contributed by atoms with van der Waals surface area (Å²) in [4.78, 5) is 12.3. The summed E-state index contributed by atoms with van der Waals surface area (Å²) in [5.74, 6) is 0.746. The lowest BCUT2D eigenvalue weighted by atomic mass is 10.1. The van der Waals surface area contributed by atoms with Crippen LogP contribution in [0.3, 0.4) is 0 Å². The normalized spacial score (nSPS) is 11.4. The molecule has 0 aliphatic rings. The Morgan fingerprint density at radius 2 is 1.86 bits per heavy atom. The summed E-state index contributed by atoms with van der Waals surface area (Å²) >= 11 is 1.12. The highest BCUT2D eigenvalue weighted by molar-refractivity contribution is 7.99. The third-order valence-electron chi connectivity index (χ3n) is 5.02. The molecule has 0 bridgehead atoms. The Labute approximate surface area is 203 Å². The molecule has 35 heavy (non-hydrogen) atoms. The number of ether oxygens (including phenoxy) is 1. The van der Waals surface area contributed by atoms with Crippen LogP contribution in [0.4, 0.5) is 18.9 Å². The van der Waals surface area contributed by atoms with Crippen molar-refractivity contribution in [1.82, 2.24) is 14.8 Å². The van der Waals surface area contributed by atoms with Crippen molar-refractivity contribution in [3.8, 4) is 5.75 Å². The van der Waals surface area contributed by atoms with E-state index in [0.29, 0.717) is 23.3 Å². The quantitative estimate of drug-likeness (QED) is 0.228. The maximum Gasteiger partial charge on any atom is 0.416 e. The van der Waals surface area contributed by atoms with E-state index in [1.807, 2.05) is 42.5 Å². The third-order valence-corrected chi connectivity index (χ3v) is 5.98. The van der Waals surface area contributed by atoms with E-state index in [9.17, 15) is 18.0 Å². The van der Waals surface area contributed by atoms with E-state index in [4.69, 9.17) is 4.74 Å². The first-order valence-corrected chi connectivity index (χ1v) is 11.6. The lowest BCUT2D eigenvalue weighted by molar-refractivity contribution is -0.137. The minimum atomic E-state index is -4.49. The molecule has 1 N–H and O–H groups in total. The van der Waals surface area contributed by atoms with Crippen LogP contribution in [0.25, 0.3) is 10.8 Å². The summed E-state index contributed by atoms with van der Waals surface area (Å²) in [6.07, 6.45) is -2.81. The number of fused-ring (bicyclic) bond motifs is 1. The molecule has 0 radical (unpaired) electrons. The van der Waals surface area contributed by atoms with Crippen LogP contribution < -0.4 is 10.1 Å². The van der Waals surface area contributed by atoms with Crippen molar-refractivity contribution in [2.75, 3.05) is 11.1 Å². The standard InChI is InChI=1S/C25H21F3N4O2S/c1-2-13-32-22(15-34-21-12-5-8-17-7-3-4-11-20(17)21)30-31-24(32)35-16-23(33)29-19-10-6-9-18(14-19)25(26,27)28/h2-12,14H,1,13,15-16H2,(H,29,33). The number of hydrogen-bond acceptors (Lipinski definition) is 5. The molecule has 1 heterocycles. The van der Waals surface area contributed by atoms with Crippen molar-refractivity contribution in [3.63, 3.8) is 0 Å². The van der Waals surface area contributed by atoms with Gasteiger partial charge in [-0.1, -0.05) is 60.3 Å². The number of carbonyl (C=O) groups is 1. The molecule has 0 saturated heterocycles. The van der Waals surface area contributed by atoms with Crippen LogP contribution in [0.15, 0.2) is 84.5 Å². The number of aromatic nitrogens is 3. The van der Waals surface area contributed by atoms with E-state index in [1.54, 1.807) is 10.6 Å². The smallest absolute Gasteiger partial charge is 0.416 e. The van der Waals surface area contributed by atoms with Gasteiger partial charge in [0.1, 0.15) is 12.4 Å². The zero-order valence-corrected chi connectivity index (χ0v) is 19.3. The number of halogens is 3. The van der Waals surface area contributed by atoms with Crippen LogP contribution in [-0.4, -0.2) is 26.4 Å². The second-order valence-electron chi connectivity index (χ2n) is 7.48. The lowest BCUT2D eigenvalue weighted by Gasteiger charge is -2.11. The number of nitrogens with one attached hydrogen (secondary N) is 1. The third kappa shape index (κ3) is 6.02. The van der Waals surface area contributed by atoms with Crippen molar-refractivity contribution < 1.29 is 22.7 Å². The number of anilines is 1. The van der Waals surface area contributed by atoms with E-state index >= 15 is 0 Å². The Kier molecular flexibility index (Phi) is 7.40. The van der Waals surface area contributed by atoms with Crippen molar-refractivity contribution in [1.29, 1.82) is 0 Å². The number of alkyl halides is 3. The van der Waals surface area contributed by atoms with Gasteiger partial charge in [-0.15, -0.1) is 16.8 Å². The van der Waals surface area contributed by atoms with Gasteiger partial charge in [-0.05, 0) is 29.7 Å². The van der Waals surface area contributed by atoms with Crippen molar-refractivity contribution in [3.05, 3.63) is 90.8 Å². The van der Waals surface area contributed by atoms with Gasteiger partial charge in [0, 0.05) is 17.6 Å². The monoisotopic (exact) mass is 498 g/mol. The second kappa shape index (κ2) is 10.6. The molecule has 180 valence electrons. The van der Waals surface area contributed by atoms with Gasteiger partial charge in [0.25, 0.3) is 0 Å². The highest BCUT2D eigenvalue weighted by Gasteiger charge is 2.30. The molecule has 0 saturated carbocycles. The summed E-state index contributed by atoms with van der Waals surface area (Å²) < 4.78 is 46.5. The maximum absolute atomic E-state index is 12.9. The van der Waals surface area contributed by atoms with Crippen LogP contribution in [0.5, 0.6) is 5.75 Å². The molecule has 1 aromatic heterocycles. The highest BCUT2D eigenvalue weighted by atomic mass is 32.2. The SMILES string of the molecule is C=CCn1c(COc2cccc3ccccc23)nnc1SCC(=O)Nc1cccc(C(F)(F)F)c1. The van der Waals surface area contributed by atoms with E-state index in [0.717, 1.165) is 34.7 Å². The lowest BCUT2D eigenvalue weighted by Crippen LogP contribution is -2.15. The van der Waals surface area contributed by atoms with Gasteiger partial charge >= 0.3 is 6.18 Å². The zero-order chi connectivity index (χ0) is 24.8. The number of benzene rings is 3. The first kappa shape index (κ1) is 24.3. The first-order valence-electron chi connectivity index (χ1n) is 10.6. The summed E-state index contributed by atoms with van der Waals surface area (Å²) in [5.41, 5.74) is -0.758. The average Bonchev–Trinajstić information content (AvgIpc) is 3.22. The molecule has 1 amide bonds. The van der Waals surface area contributed by atoms with Crippen LogP contribution in [-0.2, 0) is 24.1 Å². The number of nitrogens with zero attached hydrogens (tertiary/aromatic N) is 3. The van der Waals surface area contributed by atoms with E-state index in [-0.39, 0.29) is 18.0 Å². The number of rotatable bonds is 9. The Hall–Kier alpha value is -3.79. The van der Waals surface area contributed by atoms with Crippen LogP contribution in [0.2, 0.25) is 0 Å². The Balaban J connectivity index is 1.41. The molecule has 10 heteroatoms. The minimum Gasteiger partial charge on any atom is -0.485 e. The van der Waals surface area contributed by atoms with E-state index in [2.05, 4.69) is 22.1 Å². The van der Waals surface area contributed by atoms with Gasteiger partial charge in [0.2, 0.25) is 5.91 Å². The predicted molar refractivity (Wildman–Crippen MR) is 129 cm³/mol. The molecule has 0 unspecified atom stereocenters. The molecular formula is C25H21F3N4O2S. The van der Waals surface area contributed by atoms with Crippen molar-refractivity contribution >= 4 is 34.1 Å². The van der Waals surface area contributed by atoms with Gasteiger partial charge in [0.15, 0.2) is 11.0 Å². The summed E-state index contributed by atoms with van der Waals surface area (Å²) in [7, 11) is 0. The number of carbonyl (C=O) groups excluding carboxylic acids is 1. The van der Waals surface area contributed by atoms with E-state index in [1.165, 1.54) is 12.1 Å². The molecule has 0 aliphatic carbocycles. The van der Waals surface area contributed by atoms with E-state index < -0.39 is 17.6 Å². The van der Waals surface area contributed by atoms with Crippen LogP contribution >= 0.6 is 11.8 Å². The minimum absolute atomic E-state index is 0.0598. The zero-order valence-electron chi connectivity index (χ0n) is 18.5. The molecular weight excluding hydrogens is 477 g/mol. The van der Waals surface area contributed by atoms with Gasteiger partial charge in [-0.2, -0.15) is 13.2 Å². The topological polar surface area (TPSA) is 69.0 Å². The molecule has 0 atom stereocenters. The van der Waals surface area contributed by atoms with Crippen molar-refractivity contribution in [2.45, 2.75) is 24.5 Å². The average molecular weight is 499 g/mol.